The summed E-state index contributed by atoms with van der Waals surface area (Å²) in [5.74, 6) is -0.353. The minimum Gasteiger partial charge on any atom is -0.382 e. The van der Waals surface area contributed by atoms with Crippen molar-refractivity contribution in [3.05, 3.63) is 27.6 Å². The molecule has 1 rings (SSSR count). The zero-order chi connectivity index (χ0) is 12.9. The molecule has 7 heteroatoms. The standard InChI is InChI=1S/C10H10F4INO/c11-7-1-2-9(8(15)5-7)16-3-4-17-6-10(12,13)14/h1-2,5,16H,3-4,6H2. The van der Waals surface area contributed by atoms with Crippen LogP contribution in [0.1, 0.15) is 0 Å². The summed E-state index contributed by atoms with van der Waals surface area (Å²) in [5, 5.41) is 2.86. The Morgan fingerprint density at radius 2 is 2.00 bits per heavy atom. The lowest BCUT2D eigenvalue weighted by Gasteiger charge is -2.10. The van der Waals surface area contributed by atoms with Crippen molar-refractivity contribution in [2.45, 2.75) is 6.18 Å². The van der Waals surface area contributed by atoms with Gasteiger partial charge in [0.15, 0.2) is 0 Å². The molecule has 0 aromatic heterocycles. The van der Waals surface area contributed by atoms with Gasteiger partial charge in [0.2, 0.25) is 0 Å². The van der Waals surface area contributed by atoms with Gasteiger partial charge >= 0.3 is 6.18 Å². The summed E-state index contributed by atoms with van der Waals surface area (Å²) in [6.45, 7) is -1.08. The Hall–Kier alpha value is -0.570. The first-order valence-electron chi connectivity index (χ1n) is 4.72. The summed E-state index contributed by atoms with van der Waals surface area (Å²) in [7, 11) is 0. The van der Waals surface area contributed by atoms with Gasteiger partial charge in [0.1, 0.15) is 12.4 Å². The number of anilines is 1. The fourth-order valence-corrected chi connectivity index (χ4v) is 1.75. The van der Waals surface area contributed by atoms with Gasteiger partial charge in [0, 0.05) is 15.8 Å². The van der Waals surface area contributed by atoms with Crippen molar-refractivity contribution >= 4 is 28.3 Å². The van der Waals surface area contributed by atoms with E-state index in [0.717, 1.165) is 0 Å². The molecule has 1 aromatic carbocycles. The van der Waals surface area contributed by atoms with Gasteiger partial charge in [0.05, 0.1) is 6.61 Å². The highest BCUT2D eigenvalue weighted by atomic mass is 127. The van der Waals surface area contributed by atoms with Gasteiger partial charge in [0.25, 0.3) is 0 Å². The Morgan fingerprint density at radius 3 is 2.59 bits per heavy atom. The number of hydrogen-bond donors (Lipinski definition) is 1. The molecule has 0 atom stereocenters. The Bertz CT molecular complexity index is 370. The van der Waals surface area contributed by atoms with E-state index in [9.17, 15) is 17.6 Å². The van der Waals surface area contributed by atoms with E-state index in [0.29, 0.717) is 9.26 Å². The van der Waals surface area contributed by atoms with Crippen molar-refractivity contribution < 1.29 is 22.3 Å². The lowest BCUT2D eigenvalue weighted by molar-refractivity contribution is -0.172. The Labute approximate surface area is 109 Å². The number of rotatable bonds is 5. The van der Waals surface area contributed by atoms with Crippen LogP contribution in [0.15, 0.2) is 18.2 Å². The molecule has 17 heavy (non-hydrogen) atoms. The van der Waals surface area contributed by atoms with Crippen molar-refractivity contribution in [2.24, 2.45) is 0 Å². The normalized spacial score (nSPS) is 11.6. The first kappa shape index (κ1) is 14.5. The van der Waals surface area contributed by atoms with Gasteiger partial charge in [-0.3, -0.25) is 0 Å². The SMILES string of the molecule is Fc1ccc(NCCOCC(F)(F)F)c(I)c1. The molecular weight excluding hydrogens is 353 g/mol. The summed E-state index contributed by atoms with van der Waals surface area (Å²) < 4.78 is 53.0. The van der Waals surface area contributed by atoms with E-state index in [4.69, 9.17) is 0 Å². The van der Waals surface area contributed by atoms with E-state index < -0.39 is 12.8 Å². The maximum absolute atomic E-state index is 12.7. The van der Waals surface area contributed by atoms with Crippen molar-refractivity contribution in [3.63, 3.8) is 0 Å². The second-order valence-electron chi connectivity index (χ2n) is 3.22. The van der Waals surface area contributed by atoms with Crippen LogP contribution in [0.2, 0.25) is 0 Å². The second-order valence-corrected chi connectivity index (χ2v) is 4.38. The minimum atomic E-state index is -4.30. The van der Waals surface area contributed by atoms with Gasteiger partial charge in [-0.1, -0.05) is 0 Å². The molecule has 1 aromatic rings. The Balaban J connectivity index is 2.27. The molecule has 2 nitrogen and oxygen atoms in total. The van der Waals surface area contributed by atoms with Crippen molar-refractivity contribution in [1.82, 2.24) is 0 Å². The molecule has 0 radical (unpaired) electrons. The van der Waals surface area contributed by atoms with Crippen LogP contribution in [0.25, 0.3) is 0 Å². The molecule has 0 bridgehead atoms. The summed E-state index contributed by atoms with van der Waals surface area (Å²) in [6.07, 6.45) is -4.30. The minimum absolute atomic E-state index is 0.0625. The van der Waals surface area contributed by atoms with Gasteiger partial charge in [-0.2, -0.15) is 13.2 Å². The molecule has 0 saturated heterocycles. The zero-order valence-electron chi connectivity index (χ0n) is 8.65. The van der Waals surface area contributed by atoms with E-state index in [1.165, 1.54) is 18.2 Å². The first-order chi connectivity index (χ1) is 7.88. The number of halogens is 5. The van der Waals surface area contributed by atoms with E-state index >= 15 is 0 Å². The largest absolute Gasteiger partial charge is 0.411 e. The predicted molar refractivity (Wildman–Crippen MR) is 64.5 cm³/mol. The molecule has 0 saturated carbocycles. The monoisotopic (exact) mass is 363 g/mol. The fourth-order valence-electron chi connectivity index (χ4n) is 1.08. The van der Waals surface area contributed by atoms with Crippen LogP contribution >= 0.6 is 22.6 Å². The van der Waals surface area contributed by atoms with Crippen LogP contribution in [0.4, 0.5) is 23.2 Å². The van der Waals surface area contributed by atoms with Crippen molar-refractivity contribution in [1.29, 1.82) is 0 Å². The van der Waals surface area contributed by atoms with Crippen LogP contribution in [0, 0.1) is 9.39 Å². The van der Waals surface area contributed by atoms with Gasteiger partial charge in [-0.15, -0.1) is 0 Å². The topological polar surface area (TPSA) is 21.3 Å². The smallest absolute Gasteiger partial charge is 0.382 e. The molecule has 0 heterocycles. The molecule has 0 unspecified atom stereocenters. The molecule has 96 valence electrons. The maximum Gasteiger partial charge on any atom is 0.411 e. The van der Waals surface area contributed by atoms with Crippen LogP contribution < -0.4 is 5.32 Å². The lowest BCUT2D eigenvalue weighted by Crippen LogP contribution is -2.20. The number of ether oxygens (including phenoxy) is 1. The van der Waals surface area contributed by atoms with Crippen molar-refractivity contribution in [2.75, 3.05) is 25.1 Å². The van der Waals surface area contributed by atoms with Gasteiger partial charge in [-0.25, -0.2) is 4.39 Å². The highest BCUT2D eigenvalue weighted by molar-refractivity contribution is 14.1. The second kappa shape index (κ2) is 6.39. The predicted octanol–water partition coefficient (Wildman–Crippen LogP) is 3.42. The molecule has 0 amide bonds. The summed E-state index contributed by atoms with van der Waals surface area (Å²) in [6, 6.07) is 4.14. The number of hydrogen-bond acceptors (Lipinski definition) is 2. The average molecular weight is 363 g/mol. The zero-order valence-corrected chi connectivity index (χ0v) is 10.8. The van der Waals surface area contributed by atoms with Crippen molar-refractivity contribution in [3.8, 4) is 0 Å². The molecule has 0 spiro atoms. The quantitative estimate of drug-likeness (QED) is 0.492. The molecule has 0 aliphatic heterocycles. The Kier molecular flexibility index (Phi) is 5.44. The number of nitrogens with one attached hydrogen (secondary N) is 1. The van der Waals surface area contributed by atoms with E-state index in [1.807, 2.05) is 22.6 Å². The summed E-state index contributed by atoms with van der Waals surface area (Å²) in [4.78, 5) is 0. The third kappa shape index (κ3) is 6.06. The Morgan fingerprint density at radius 1 is 1.29 bits per heavy atom. The van der Waals surface area contributed by atoms with Gasteiger partial charge < -0.3 is 10.1 Å². The molecule has 0 aliphatic rings. The summed E-state index contributed by atoms with van der Waals surface area (Å²) >= 11 is 1.94. The third-order valence-corrected chi connectivity index (χ3v) is 2.65. The highest BCUT2D eigenvalue weighted by Gasteiger charge is 2.27. The molecule has 0 fully saturated rings. The molecule has 1 N–H and O–H groups in total. The average Bonchev–Trinajstić information content (AvgIpc) is 2.18. The third-order valence-electron chi connectivity index (χ3n) is 1.76. The highest BCUT2D eigenvalue weighted by Crippen LogP contribution is 2.18. The van der Waals surface area contributed by atoms with Crippen LogP contribution in [0.3, 0.4) is 0 Å². The van der Waals surface area contributed by atoms with E-state index in [-0.39, 0.29) is 19.0 Å². The maximum atomic E-state index is 12.7. The summed E-state index contributed by atoms with van der Waals surface area (Å²) in [5.41, 5.74) is 0.669. The first-order valence-corrected chi connectivity index (χ1v) is 5.80. The number of benzene rings is 1. The van der Waals surface area contributed by atoms with Gasteiger partial charge in [-0.05, 0) is 40.8 Å². The van der Waals surface area contributed by atoms with Crippen LogP contribution in [0.5, 0.6) is 0 Å². The van der Waals surface area contributed by atoms with E-state index in [2.05, 4.69) is 10.1 Å². The fraction of sp³-hybridized carbons (Fsp3) is 0.400. The van der Waals surface area contributed by atoms with E-state index in [1.54, 1.807) is 0 Å². The van der Waals surface area contributed by atoms with Crippen LogP contribution in [-0.2, 0) is 4.74 Å². The molecule has 0 aliphatic carbocycles. The lowest BCUT2D eigenvalue weighted by atomic mass is 10.3. The number of alkyl halides is 3. The molecular formula is C10H10F4INO. The van der Waals surface area contributed by atoms with Crippen LogP contribution in [-0.4, -0.2) is 25.9 Å².